The average molecular weight is 246 g/mol. The van der Waals surface area contributed by atoms with E-state index in [1.54, 1.807) is 0 Å². The zero-order chi connectivity index (χ0) is 13.0. The minimum absolute atomic E-state index is 0.839. The summed E-state index contributed by atoms with van der Waals surface area (Å²) in [6, 6.07) is 0. The monoisotopic (exact) mass is 246 g/mol. The minimum Gasteiger partial charge on any atom is -0.352 e. The molecule has 98 valence electrons. The Bertz CT molecular complexity index is 439. The van der Waals surface area contributed by atoms with Crippen LogP contribution in [0, 0.1) is 6.92 Å². The first-order valence-electron chi connectivity index (χ1n) is 6.64. The van der Waals surface area contributed by atoms with Crippen LogP contribution in [-0.4, -0.2) is 29.6 Å². The van der Waals surface area contributed by atoms with E-state index in [9.17, 15) is 0 Å². The lowest BCUT2D eigenvalue weighted by Crippen LogP contribution is -2.31. The Balaban J connectivity index is 2.21. The lowest BCUT2D eigenvalue weighted by molar-refractivity contribution is 0.703. The highest BCUT2D eigenvalue weighted by atomic mass is 15.2. The molecule has 4 nitrogen and oxygen atoms in total. The number of hydrogen-bond donors (Lipinski definition) is 1. The lowest BCUT2D eigenvalue weighted by Gasteiger charge is -2.28. The second kappa shape index (κ2) is 5.96. The van der Waals surface area contributed by atoms with Gasteiger partial charge in [-0.3, -0.25) is 0 Å². The van der Waals surface area contributed by atoms with Crippen molar-refractivity contribution in [2.75, 3.05) is 24.5 Å². The van der Waals surface area contributed by atoms with E-state index in [0.717, 1.165) is 44.2 Å². The highest BCUT2D eigenvalue weighted by molar-refractivity contribution is 5.48. The normalized spacial score (nSPS) is 15.7. The summed E-state index contributed by atoms with van der Waals surface area (Å²) in [5.74, 6) is 1.93. The van der Waals surface area contributed by atoms with Crippen LogP contribution in [0.15, 0.2) is 17.8 Å². The molecule has 0 radical (unpaired) electrons. The van der Waals surface area contributed by atoms with Crippen molar-refractivity contribution in [2.45, 2.75) is 33.7 Å². The Morgan fingerprint density at radius 3 is 2.89 bits per heavy atom. The van der Waals surface area contributed by atoms with Crippen molar-refractivity contribution >= 4 is 5.82 Å². The van der Waals surface area contributed by atoms with E-state index >= 15 is 0 Å². The topological polar surface area (TPSA) is 41.1 Å². The summed E-state index contributed by atoms with van der Waals surface area (Å²) < 4.78 is 0. The predicted octanol–water partition coefficient (Wildman–Crippen LogP) is 2.05. The molecule has 0 atom stereocenters. The van der Waals surface area contributed by atoms with Gasteiger partial charge in [-0.25, -0.2) is 9.97 Å². The molecule has 0 unspecified atom stereocenters. The maximum absolute atomic E-state index is 4.62. The molecular weight excluding hydrogens is 224 g/mol. The molecule has 1 aliphatic heterocycles. The van der Waals surface area contributed by atoms with Gasteiger partial charge in [-0.1, -0.05) is 18.6 Å². The van der Waals surface area contributed by atoms with Gasteiger partial charge in [0, 0.05) is 31.4 Å². The summed E-state index contributed by atoms with van der Waals surface area (Å²) in [7, 11) is 0. The fourth-order valence-corrected chi connectivity index (χ4v) is 2.10. The molecule has 0 spiro atoms. The third-order valence-corrected chi connectivity index (χ3v) is 3.26. The molecule has 0 saturated carbocycles. The molecule has 2 heterocycles. The van der Waals surface area contributed by atoms with E-state index in [0.29, 0.717) is 0 Å². The van der Waals surface area contributed by atoms with Crippen molar-refractivity contribution < 1.29 is 0 Å². The second-order valence-electron chi connectivity index (χ2n) is 4.79. The van der Waals surface area contributed by atoms with Crippen LogP contribution in [0.2, 0.25) is 0 Å². The Kier molecular flexibility index (Phi) is 4.31. The molecule has 1 aliphatic rings. The smallest absolute Gasteiger partial charge is 0.137 e. The van der Waals surface area contributed by atoms with Gasteiger partial charge in [-0.2, -0.15) is 0 Å². The van der Waals surface area contributed by atoms with E-state index < -0.39 is 0 Å². The van der Waals surface area contributed by atoms with Crippen molar-refractivity contribution in [3.05, 3.63) is 29.2 Å². The van der Waals surface area contributed by atoms with Gasteiger partial charge < -0.3 is 10.2 Å². The summed E-state index contributed by atoms with van der Waals surface area (Å²) in [6.07, 6.45) is 5.37. The summed E-state index contributed by atoms with van der Waals surface area (Å²) in [4.78, 5) is 11.3. The lowest BCUT2D eigenvalue weighted by atomic mass is 10.1. The molecule has 1 aromatic heterocycles. The molecule has 2 rings (SSSR count). The zero-order valence-corrected chi connectivity index (χ0v) is 11.5. The van der Waals surface area contributed by atoms with Crippen molar-refractivity contribution in [3.8, 4) is 0 Å². The molecule has 0 saturated heterocycles. The van der Waals surface area contributed by atoms with Crippen molar-refractivity contribution in [3.63, 3.8) is 0 Å². The van der Waals surface area contributed by atoms with Gasteiger partial charge in [0.1, 0.15) is 11.6 Å². The molecule has 0 aromatic carbocycles. The van der Waals surface area contributed by atoms with Crippen LogP contribution in [0.5, 0.6) is 0 Å². The summed E-state index contributed by atoms with van der Waals surface area (Å²) in [6.45, 7) is 10.1. The minimum atomic E-state index is 0.839. The maximum atomic E-state index is 4.62. The third kappa shape index (κ3) is 3.07. The summed E-state index contributed by atoms with van der Waals surface area (Å²) in [5, 5.41) is 3.35. The van der Waals surface area contributed by atoms with E-state index in [-0.39, 0.29) is 0 Å². The number of aromatic nitrogens is 2. The predicted molar refractivity (Wildman–Crippen MR) is 74.7 cm³/mol. The van der Waals surface area contributed by atoms with Crippen LogP contribution in [0.3, 0.4) is 0 Å². The Labute approximate surface area is 109 Å². The Hall–Kier alpha value is -1.42. The van der Waals surface area contributed by atoms with Gasteiger partial charge in [-0.15, -0.1) is 0 Å². The van der Waals surface area contributed by atoms with Crippen LogP contribution in [0.1, 0.15) is 31.7 Å². The van der Waals surface area contributed by atoms with E-state index in [4.69, 9.17) is 0 Å². The molecule has 18 heavy (non-hydrogen) atoms. The Morgan fingerprint density at radius 1 is 1.39 bits per heavy atom. The van der Waals surface area contributed by atoms with Gasteiger partial charge in [-0.05, 0) is 26.8 Å². The first kappa shape index (κ1) is 13.0. The summed E-state index contributed by atoms with van der Waals surface area (Å²) in [5.41, 5.74) is 2.67. The second-order valence-corrected chi connectivity index (χ2v) is 4.79. The molecule has 0 fully saturated rings. The third-order valence-electron chi connectivity index (χ3n) is 3.26. The Morgan fingerprint density at radius 2 is 2.22 bits per heavy atom. The number of hydrogen-bond acceptors (Lipinski definition) is 4. The van der Waals surface area contributed by atoms with Gasteiger partial charge in [0.15, 0.2) is 0 Å². The maximum Gasteiger partial charge on any atom is 0.137 e. The highest BCUT2D eigenvalue weighted by Crippen LogP contribution is 2.21. The molecule has 4 heteroatoms. The van der Waals surface area contributed by atoms with Crippen LogP contribution < -0.4 is 10.2 Å². The molecular formula is C14H22N4. The number of aryl methyl sites for hydroxylation is 1. The number of rotatable bonds is 4. The van der Waals surface area contributed by atoms with Gasteiger partial charge in [0.25, 0.3) is 0 Å². The SMILES string of the molecule is CCNCc1cnc(C)nc1N1CC=C(C)CC1. The number of anilines is 1. The standard InChI is InChI=1S/C14H22N4/c1-4-15-9-13-10-16-12(3)17-14(13)18-7-5-11(2)6-8-18/h5,10,15H,4,6-9H2,1-3H3. The first-order valence-corrected chi connectivity index (χ1v) is 6.64. The van der Waals surface area contributed by atoms with Gasteiger partial charge >= 0.3 is 0 Å². The summed E-state index contributed by atoms with van der Waals surface area (Å²) >= 11 is 0. The molecule has 0 bridgehead atoms. The zero-order valence-electron chi connectivity index (χ0n) is 11.5. The molecule has 0 amide bonds. The largest absolute Gasteiger partial charge is 0.352 e. The quantitative estimate of drug-likeness (QED) is 0.826. The van der Waals surface area contributed by atoms with Crippen LogP contribution >= 0.6 is 0 Å². The van der Waals surface area contributed by atoms with Crippen LogP contribution in [0.25, 0.3) is 0 Å². The average Bonchev–Trinajstić information content (AvgIpc) is 2.38. The van der Waals surface area contributed by atoms with Crippen molar-refractivity contribution in [1.29, 1.82) is 0 Å². The number of nitrogens with one attached hydrogen (secondary N) is 1. The van der Waals surface area contributed by atoms with E-state index in [2.05, 4.69) is 40.1 Å². The van der Waals surface area contributed by atoms with E-state index in [1.165, 1.54) is 11.1 Å². The van der Waals surface area contributed by atoms with Crippen molar-refractivity contribution in [1.82, 2.24) is 15.3 Å². The number of nitrogens with zero attached hydrogens (tertiary/aromatic N) is 3. The van der Waals surface area contributed by atoms with Gasteiger partial charge in [0.2, 0.25) is 0 Å². The van der Waals surface area contributed by atoms with Crippen molar-refractivity contribution in [2.24, 2.45) is 0 Å². The van der Waals surface area contributed by atoms with Crippen LogP contribution in [0.4, 0.5) is 5.82 Å². The molecule has 1 N–H and O–H groups in total. The first-order chi connectivity index (χ1) is 8.70. The highest BCUT2D eigenvalue weighted by Gasteiger charge is 2.15. The van der Waals surface area contributed by atoms with E-state index in [1.807, 2.05) is 13.1 Å². The molecule has 0 aliphatic carbocycles. The molecule has 1 aromatic rings. The van der Waals surface area contributed by atoms with Crippen LogP contribution in [-0.2, 0) is 6.54 Å². The fraction of sp³-hybridized carbons (Fsp3) is 0.571. The fourth-order valence-electron chi connectivity index (χ4n) is 2.10. The van der Waals surface area contributed by atoms with Gasteiger partial charge in [0.05, 0.1) is 0 Å².